The second-order valence-corrected chi connectivity index (χ2v) is 2.65. The van der Waals surface area contributed by atoms with Crippen molar-refractivity contribution in [1.82, 2.24) is 5.32 Å². The number of para-hydroxylation sites is 1. The van der Waals surface area contributed by atoms with E-state index in [2.05, 4.69) is 10.3 Å². The van der Waals surface area contributed by atoms with E-state index in [0.29, 0.717) is 5.56 Å². The number of hydrogen-bond acceptors (Lipinski definition) is 3. The Balaban J connectivity index is 2.39. The minimum absolute atomic E-state index is 0.0330. The molecule has 0 aromatic heterocycles. The van der Waals surface area contributed by atoms with Gasteiger partial charge in [0.15, 0.2) is 0 Å². The van der Waals surface area contributed by atoms with Gasteiger partial charge >= 0.3 is 0 Å². The average molecular weight is 161 g/mol. The SMILES string of the molecule is [O-]c1ccccc1C1=NCCN1. The molecule has 0 fully saturated rings. The van der Waals surface area contributed by atoms with E-state index in [0.717, 1.165) is 18.9 Å². The maximum atomic E-state index is 11.3. The highest BCUT2D eigenvalue weighted by atomic mass is 16.3. The Kier molecular flexibility index (Phi) is 1.70. The second-order valence-electron chi connectivity index (χ2n) is 2.65. The maximum Gasteiger partial charge on any atom is 0.127 e. The molecule has 0 saturated heterocycles. The lowest BCUT2D eigenvalue weighted by molar-refractivity contribution is -0.268. The fourth-order valence-electron chi connectivity index (χ4n) is 1.24. The molecular formula is C9H9N2O-. The van der Waals surface area contributed by atoms with Gasteiger partial charge in [0.25, 0.3) is 0 Å². The zero-order valence-electron chi connectivity index (χ0n) is 6.58. The van der Waals surface area contributed by atoms with Crippen LogP contribution in [0, 0.1) is 0 Å². The van der Waals surface area contributed by atoms with Crippen molar-refractivity contribution in [2.75, 3.05) is 13.1 Å². The Bertz CT molecular complexity index is 320. The molecule has 0 atom stereocenters. The fourth-order valence-corrected chi connectivity index (χ4v) is 1.24. The molecule has 3 nitrogen and oxygen atoms in total. The first-order valence-electron chi connectivity index (χ1n) is 3.92. The summed E-state index contributed by atoms with van der Waals surface area (Å²) in [4.78, 5) is 4.17. The average Bonchev–Trinajstić information content (AvgIpc) is 2.57. The third-order valence-electron chi connectivity index (χ3n) is 1.82. The van der Waals surface area contributed by atoms with Crippen LogP contribution in [0.15, 0.2) is 29.3 Å². The van der Waals surface area contributed by atoms with Crippen LogP contribution in [0.2, 0.25) is 0 Å². The number of nitrogens with one attached hydrogen (secondary N) is 1. The second kappa shape index (κ2) is 2.85. The molecule has 0 bridgehead atoms. The summed E-state index contributed by atoms with van der Waals surface area (Å²) in [6.07, 6.45) is 0. The van der Waals surface area contributed by atoms with E-state index in [-0.39, 0.29) is 5.75 Å². The highest BCUT2D eigenvalue weighted by molar-refractivity contribution is 6.01. The maximum absolute atomic E-state index is 11.3. The van der Waals surface area contributed by atoms with Crippen LogP contribution in [-0.2, 0) is 0 Å². The Morgan fingerprint density at radius 3 is 2.83 bits per heavy atom. The van der Waals surface area contributed by atoms with E-state index in [1.54, 1.807) is 18.2 Å². The molecule has 0 spiro atoms. The van der Waals surface area contributed by atoms with Gasteiger partial charge in [-0.2, -0.15) is 0 Å². The normalized spacial score (nSPS) is 15.5. The summed E-state index contributed by atoms with van der Waals surface area (Å²) >= 11 is 0. The van der Waals surface area contributed by atoms with Gasteiger partial charge in [0.05, 0.1) is 6.54 Å². The minimum atomic E-state index is 0.0330. The fraction of sp³-hybridized carbons (Fsp3) is 0.222. The quantitative estimate of drug-likeness (QED) is 0.635. The molecule has 3 heteroatoms. The summed E-state index contributed by atoms with van der Waals surface area (Å²) in [6, 6.07) is 6.93. The van der Waals surface area contributed by atoms with Crippen LogP contribution >= 0.6 is 0 Å². The van der Waals surface area contributed by atoms with Crippen LogP contribution in [0.1, 0.15) is 5.56 Å². The van der Waals surface area contributed by atoms with Crippen LogP contribution in [0.5, 0.6) is 5.75 Å². The molecule has 1 aliphatic heterocycles. The molecule has 1 aliphatic rings. The third-order valence-corrected chi connectivity index (χ3v) is 1.82. The van der Waals surface area contributed by atoms with E-state index >= 15 is 0 Å². The largest absolute Gasteiger partial charge is 0.872 e. The summed E-state index contributed by atoms with van der Waals surface area (Å²) in [7, 11) is 0. The lowest BCUT2D eigenvalue weighted by Crippen LogP contribution is -2.20. The highest BCUT2D eigenvalue weighted by Crippen LogP contribution is 2.13. The number of nitrogens with zero attached hydrogens (tertiary/aromatic N) is 1. The summed E-state index contributed by atoms with van der Waals surface area (Å²) in [5.74, 6) is 0.770. The Labute approximate surface area is 70.8 Å². The minimum Gasteiger partial charge on any atom is -0.872 e. The van der Waals surface area contributed by atoms with Gasteiger partial charge in [-0.05, 0) is 0 Å². The molecule has 1 heterocycles. The number of rotatable bonds is 1. The molecule has 1 aromatic carbocycles. The van der Waals surface area contributed by atoms with Gasteiger partial charge in [-0.3, -0.25) is 4.99 Å². The van der Waals surface area contributed by atoms with E-state index in [1.165, 1.54) is 0 Å². The van der Waals surface area contributed by atoms with Gasteiger partial charge in [0, 0.05) is 12.1 Å². The zero-order chi connectivity index (χ0) is 8.39. The molecule has 12 heavy (non-hydrogen) atoms. The molecule has 1 N–H and O–H groups in total. The van der Waals surface area contributed by atoms with E-state index in [9.17, 15) is 5.11 Å². The monoisotopic (exact) mass is 161 g/mol. The Morgan fingerprint density at radius 2 is 2.17 bits per heavy atom. The van der Waals surface area contributed by atoms with Crippen molar-refractivity contribution < 1.29 is 5.11 Å². The standard InChI is InChI=1S/C9H10N2O/c12-8-4-2-1-3-7(8)9-10-5-6-11-9/h1-4,12H,5-6H2,(H,10,11)/p-1. The molecule has 0 aliphatic carbocycles. The smallest absolute Gasteiger partial charge is 0.127 e. The first-order chi connectivity index (χ1) is 5.88. The van der Waals surface area contributed by atoms with Crippen LogP contribution in [0.3, 0.4) is 0 Å². The van der Waals surface area contributed by atoms with Crippen molar-refractivity contribution in [2.45, 2.75) is 0 Å². The number of amidine groups is 1. The van der Waals surface area contributed by atoms with Crippen LogP contribution in [0.4, 0.5) is 0 Å². The number of hydrogen-bond donors (Lipinski definition) is 1. The van der Waals surface area contributed by atoms with Crippen molar-refractivity contribution in [1.29, 1.82) is 0 Å². The van der Waals surface area contributed by atoms with Gasteiger partial charge in [0.2, 0.25) is 0 Å². The van der Waals surface area contributed by atoms with E-state index < -0.39 is 0 Å². The first-order valence-corrected chi connectivity index (χ1v) is 3.92. The van der Waals surface area contributed by atoms with Gasteiger partial charge < -0.3 is 10.4 Å². The highest BCUT2D eigenvalue weighted by Gasteiger charge is 2.06. The van der Waals surface area contributed by atoms with E-state index in [1.807, 2.05) is 6.07 Å². The Morgan fingerprint density at radius 1 is 1.33 bits per heavy atom. The third kappa shape index (κ3) is 1.13. The summed E-state index contributed by atoms with van der Waals surface area (Å²) in [5.41, 5.74) is 0.676. The first kappa shape index (κ1) is 7.16. The lowest BCUT2D eigenvalue weighted by atomic mass is 10.2. The van der Waals surface area contributed by atoms with Crippen molar-refractivity contribution in [3.8, 4) is 5.75 Å². The van der Waals surface area contributed by atoms with Gasteiger partial charge in [-0.1, -0.05) is 30.0 Å². The van der Waals surface area contributed by atoms with Gasteiger partial charge in [-0.15, -0.1) is 0 Å². The lowest BCUT2D eigenvalue weighted by Gasteiger charge is -2.12. The Hall–Kier alpha value is -1.51. The molecule has 0 unspecified atom stereocenters. The molecule has 0 radical (unpaired) electrons. The van der Waals surface area contributed by atoms with Gasteiger partial charge in [0.1, 0.15) is 5.84 Å². The summed E-state index contributed by atoms with van der Waals surface area (Å²) < 4.78 is 0. The summed E-state index contributed by atoms with van der Waals surface area (Å²) in [5, 5.41) is 14.3. The molecule has 1 aromatic rings. The molecular weight excluding hydrogens is 152 g/mol. The molecule has 0 saturated carbocycles. The number of aliphatic imine (C=N–C) groups is 1. The zero-order valence-corrected chi connectivity index (χ0v) is 6.58. The van der Waals surface area contributed by atoms with Crippen LogP contribution in [0.25, 0.3) is 0 Å². The van der Waals surface area contributed by atoms with Gasteiger partial charge in [-0.25, -0.2) is 0 Å². The summed E-state index contributed by atoms with van der Waals surface area (Å²) in [6.45, 7) is 1.60. The van der Waals surface area contributed by atoms with Crippen LogP contribution < -0.4 is 10.4 Å². The number of benzene rings is 1. The van der Waals surface area contributed by atoms with E-state index in [4.69, 9.17) is 0 Å². The molecule has 62 valence electrons. The molecule has 2 rings (SSSR count). The van der Waals surface area contributed by atoms with Crippen LogP contribution in [-0.4, -0.2) is 18.9 Å². The predicted octanol–water partition coefficient (Wildman–Crippen LogP) is 0.110. The van der Waals surface area contributed by atoms with Crippen molar-refractivity contribution >= 4 is 5.84 Å². The van der Waals surface area contributed by atoms with Crippen molar-refractivity contribution in [3.63, 3.8) is 0 Å². The van der Waals surface area contributed by atoms with Crippen molar-refractivity contribution in [3.05, 3.63) is 29.8 Å². The molecule has 0 amide bonds. The predicted molar refractivity (Wildman–Crippen MR) is 45.3 cm³/mol. The van der Waals surface area contributed by atoms with Crippen molar-refractivity contribution in [2.24, 2.45) is 4.99 Å². The topological polar surface area (TPSA) is 47.5 Å².